The van der Waals surface area contributed by atoms with Crippen LogP contribution in [0.3, 0.4) is 0 Å². The third-order valence-electron chi connectivity index (χ3n) is 3.29. The smallest absolute Gasteiger partial charge is 0.0957 e. The van der Waals surface area contributed by atoms with E-state index in [2.05, 4.69) is 10.3 Å². The molecule has 100 valence electrons. The van der Waals surface area contributed by atoms with E-state index >= 15 is 0 Å². The zero-order valence-corrected chi connectivity index (χ0v) is 11.8. The van der Waals surface area contributed by atoms with Crippen LogP contribution in [0.25, 0.3) is 10.9 Å². The number of para-hydroxylation sites is 1. The van der Waals surface area contributed by atoms with Crippen molar-refractivity contribution < 1.29 is 0 Å². The Kier molecular flexibility index (Phi) is 3.20. The number of nitrogens with one attached hydrogen (secondary N) is 1. The quantitative estimate of drug-likeness (QED) is 0.680. The Morgan fingerprint density at radius 3 is 2.75 bits per heavy atom. The van der Waals surface area contributed by atoms with E-state index in [-0.39, 0.29) is 0 Å². The molecule has 1 heterocycles. The number of anilines is 3. The number of benzene rings is 2. The average molecular weight is 284 g/mol. The van der Waals surface area contributed by atoms with Crippen LogP contribution < -0.4 is 11.1 Å². The standard InChI is InChI=1S/C16H14ClN3/c1-10-4-2-6-12(17)15(10)20-14-8-7-13(18)11-5-3-9-19-16(11)14/h2-9,20H,18H2,1H3. The van der Waals surface area contributed by atoms with Crippen LogP contribution in [-0.4, -0.2) is 4.98 Å². The van der Waals surface area contributed by atoms with Gasteiger partial charge >= 0.3 is 0 Å². The van der Waals surface area contributed by atoms with Crippen molar-refractivity contribution in [3.63, 3.8) is 0 Å². The highest BCUT2D eigenvalue weighted by Crippen LogP contribution is 2.33. The van der Waals surface area contributed by atoms with Crippen molar-refractivity contribution in [2.45, 2.75) is 6.92 Å². The Morgan fingerprint density at radius 1 is 1.10 bits per heavy atom. The summed E-state index contributed by atoms with van der Waals surface area (Å²) in [5.41, 5.74) is 10.4. The van der Waals surface area contributed by atoms with Gasteiger partial charge in [-0.25, -0.2) is 0 Å². The SMILES string of the molecule is Cc1cccc(Cl)c1Nc1ccc(N)c2cccnc12. The van der Waals surface area contributed by atoms with E-state index in [0.29, 0.717) is 5.02 Å². The summed E-state index contributed by atoms with van der Waals surface area (Å²) in [6.07, 6.45) is 1.76. The maximum absolute atomic E-state index is 6.25. The molecule has 3 rings (SSSR count). The first-order valence-corrected chi connectivity index (χ1v) is 6.70. The number of fused-ring (bicyclic) bond motifs is 1. The minimum absolute atomic E-state index is 0.686. The van der Waals surface area contributed by atoms with E-state index in [0.717, 1.165) is 33.5 Å². The molecule has 3 aromatic rings. The minimum Gasteiger partial charge on any atom is -0.398 e. The van der Waals surface area contributed by atoms with E-state index in [9.17, 15) is 0 Å². The molecule has 0 saturated carbocycles. The van der Waals surface area contributed by atoms with Crippen LogP contribution in [0, 0.1) is 6.92 Å². The van der Waals surface area contributed by atoms with Crippen LogP contribution in [0.1, 0.15) is 5.56 Å². The molecule has 2 aromatic carbocycles. The third-order valence-corrected chi connectivity index (χ3v) is 3.60. The second kappa shape index (κ2) is 5.02. The highest BCUT2D eigenvalue weighted by atomic mass is 35.5. The van der Waals surface area contributed by atoms with Crippen LogP contribution >= 0.6 is 11.6 Å². The summed E-state index contributed by atoms with van der Waals surface area (Å²) in [5, 5.41) is 4.98. The molecule has 4 heteroatoms. The lowest BCUT2D eigenvalue weighted by Gasteiger charge is -2.13. The van der Waals surface area contributed by atoms with Gasteiger partial charge in [0, 0.05) is 17.3 Å². The van der Waals surface area contributed by atoms with Crippen molar-refractivity contribution in [2.24, 2.45) is 0 Å². The first-order valence-electron chi connectivity index (χ1n) is 6.32. The fourth-order valence-corrected chi connectivity index (χ4v) is 2.49. The molecule has 20 heavy (non-hydrogen) atoms. The Bertz CT molecular complexity index is 764. The number of nitrogens with two attached hydrogens (primary N) is 1. The topological polar surface area (TPSA) is 50.9 Å². The lowest BCUT2D eigenvalue weighted by atomic mass is 10.1. The average Bonchev–Trinajstić information content (AvgIpc) is 2.46. The highest BCUT2D eigenvalue weighted by molar-refractivity contribution is 6.33. The summed E-state index contributed by atoms with van der Waals surface area (Å²) in [5.74, 6) is 0. The fourth-order valence-electron chi connectivity index (χ4n) is 2.22. The van der Waals surface area contributed by atoms with Crippen LogP contribution in [-0.2, 0) is 0 Å². The Balaban J connectivity index is 2.14. The van der Waals surface area contributed by atoms with Crippen LogP contribution in [0.4, 0.5) is 17.1 Å². The number of aryl methyl sites for hydroxylation is 1. The van der Waals surface area contributed by atoms with Crippen LogP contribution in [0.2, 0.25) is 5.02 Å². The van der Waals surface area contributed by atoms with Gasteiger partial charge in [0.1, 0.15) is 0 Å². The fraction of sp³-hybridized carbons (Fsp3) is 0.0625. The van der Waals surface area contributed by atoms with Crippen molar-refractivity contribution >= 4 is 39.6 Å². The van der Waals surface area contributed by atoms with Gasteiger partial charge in [-0.2, -0.15) is 0 Å². The third kappa shape index (κ3) is 2.17. The molecule has 0 saturated heterocycles. The molecule has 1 aromatic heterocycles. The molecular formula is C16H14ClN3. The Hall–Kier alpha value is -2.26. The molecule has 3 N–H and O–H groups in total. The van der Waals surface area contributed by atoms with Gasteiger partial charge < -0.3 is 11.1 Å². The lowest BCUT2D eigenvalue weighted by Crippen LogP contribution is -1.97. The van der Waals surface area contributed by atoms with Gasteiger partial charge in [-0.15, -0.1) is 0 Å². The number of halogens is 1. The van der Waals surface area contributed by atoms with E-state index in [1.165, 1.54) is 0 Å². The molecule has 0 spiro atoms. The summed E-state index contributed by atoms with van der Waals surface area (Å²) in [7, 11) is 0. The molecular weight excluding hydrogens is 270 g/mol. The largest absolute Gasteiger partial charge is 0.398 e. The summed E-state index contributed by atoms with van der Waals surface area (Å²) in [6.45, 7) is 2.02. The molecule has 3 nitrogen and oxygen atoms in total. The molecule has 0 fully saturated rings. The summed E-state index contributed by atoms with van der Waals surface area (Å²) >= 11 is 6.25. The molecule has 0 radical (unpaired) electrons. The highest BCUT2D eigenvalue weighted by Gasteiger charge is 2.08. The molecule has 0 bridgehead atoms. The first kappa shape index (κ1) is 12.8. The Morgan fingerprint density at radius 2 is 1.95 bits per heavy atom. The zero-order valence-electron chi connectivity index (χ0n) is 11.0. The number of hydrogen-bond acceptors (Lipinski definition) is 3. The van der Waals surface area contributed by atoms with Gasteiger partial charge in [0.2, 0.25) is 0 Å². The van der Waals surface area contributed by atoms with E-state index in [1.54, 1.807) is 6.20 Å². The molecule has 0 unspecified atom stereocenters. The van der Waals surface area contributed by atoms with Crippen molar-refractivity contribution in [2.75, 3.05) is 11.1 Å². The maximum atomic E-state index is 6.25. The zero-order chi connectivity index (χ0) is 14.1. The monoisotopic (exact) mass is 283 g/mol. The predicted octanol–water partition coefficient (Wildman–Crippen LogP) is 4.52. The first-order chi connectivity index (χ1) is 9.66. The number of rotatable bonds is 2. The maximum Gasteiger partial charge on any atom is 0.0957 e. The summed E-state index contributed by atoms with van der Waals surface area (Å²) in [4.78, 5) is 4.41. The van der Waals surface area contributed by atoms with Crippen molar-refractivity contribution in [3.8, 4) is 0 Å². The second-order valence-electron chi connectivity index (χ2n) is 4.66. The van der Waals surface area contributed by atoms with Crippen molar-refractivity contribution in [1.82, 2.24) is 4.98 Å². The second-order valence-corrected chi connectivity index (χ2v) is 5.07. The number of pyridine rings is 1. The molecule has 0 atom stereocenters. The van der Waals surface area contributed by atoms with Crippen molar-refractivity contribution in [1.29, 1.82) is 0 Å². The van der Waals surface area contributed by atoms with Gasteiger partial charge in [-0.05, 0) is 42.8 Å². The summed E-state index contributed by atoms with van der Waals surface area (Å²) < 4.78 is 0. The van der Waals surface area contributed by atoms with Gasteiger partial charge in [0.25, 0.3) is 0 Å². The molecule has 0 aliphatic rings. The number of nitrogens with zero attached hydrogens (tertiary/aromatic N) is 1. The number of nitrogen functional groups attached to an aromatic ring is 1. The number of aromatic nitrogens is 1. The normalized spacial score (nSPS) is 10.7. The van der Waals surface area contributed by atoms with E-state index in [1.807, 2.05) is 49.4 Å². The molecule has 0 amide bonds. The van der Waals surface area contributed by atoms with Gasteiger partial charge in [0.15, 0.2) is 0 Å². The number of hydrogen-bond donors (Lipinski definition) is 2. The van der Waals surface area contributed by atoms with Gasteiger partial charge in [0.05, 0.1) is 21.9 Å². The molecule has 0 aliphatic heterocycles. The van der Waals surface area contributed by atoms with E-state index < -0.39 is 0 Å². The van der Waals surface area contributed by atoms with Gasteiger partial charge in [-0.3, -0.25) is 4.98 Å². The minimum atomic E-state index is 0.686. The predicted molar refractivity (Wildman–Crippen MR) is 85.6 cm³/mol. The van der Waals surface area contributed by atoms with Crippen molar-refractivity contribution in [3.05, 3.63) is 59.2 Å². The van der Waals surface area contributed by atoms with Crippen LogP contribution in [0.5, 0.6) is 0 Å². The van der Waals surface area contributed by atoms with Crippen LogP contribution in [0.15, 0.2) is 48.7 Å². The Labute approximate surface area is 122 Å². The van der Waals surface area contributed by atoms with Gasteiger partial charge in [-0.1, -0.05) is 23.7 Å². The lowest BCUT2D eigenvalue weighted by molar-refractivity contribution is 1.39. The van der Waals surface area contributed by atoms with E-state index in [4.69, 9.17) is 17.3 Å². The molecule has 0 aliphatic carbocycles. The summed E-state index contributed by atoms with van der Waals surface area (Å²) in [6, 6.07) is 13.4.